The van der Waals surface area contributed by atoms with Crippen molar-refractivity contribution in [3.8, 4) is 22.4 Å². The van der Waals surface area contributed by atoms with Crippen LogP contribution in [-0.2, 0) is 25.7 Å². The largest absolute Gasteiger partial charge is 0.453 e. The number of aliphatic hydroxyl groups is 1. The van der Waals surface area contributed by atoms with Crippen LogP contribution in [0.25, 0.3) is 22.4 Å². The van der Waals surface area contributed by atoms with Crippen LogP contribution in [0.1, 0.15) is 76.4 Å². The highest BCUT2D eigenvalue weighted by Crippen LogP contribution is 2.34. The van der Waals surface area contributed by atoms with E-state index in [9.17, 15) is 24.3 Å². The number of aliphatic imine (C=N–C) groups is 2. The van der Waals surface area contributed by atoms with E-state index in [-0.39, 0.29) is 42.3 Å². The van der Waals surface area contributed by atoms with Gasteiger partial charge in [-0.1, -0.05) is 64.1 Å². The Hall–Kier alpha value is -5.57. The molecular formula is C41H52N8O7. The second-order valence-corrected chi connectivity index (χ2v) is 15.1. The summed E-state index contributed by atoms with van der Waals surface area (Å²) < 4.78 is 9.50. The van der Waals surface area contributed by atoms with Crippen molar-refractivity contribution < 1.29 is 33.8 Å². The molecule has 2 aromatic carbocycles. The molecule has 3 aliphatic heterocycles. The van der Waals surface area contributed by atoms with E-state index in [0.717, 1.165) is 64.9 Å². The van der Waals surface area contributed by atoms with Crippen molar-refractivity contribution in [3.05, 3.63) is 65.6 Å². The highest BCUT2D eigenvalue weighted by Gasteiger charge is 2.39. The number of alkyl carbamates (subject to hydrolysis) is 2. The van der Waals surface area contributed by atoms with Gasteiger partial charge < -0.3 is 40.0 Å². The van der Waals surface area contributed by atoms with E-state index >= 15 is 0 Å². The Morgan fingerprint density at radius 2 is 1.38 bits per heavy atom. The Labute approximate surface area is 327 Å². The van der Waals surface area contributed by atoms with E-state index < -0.39 is 24.3 Å². The standard InChI is InChI=1S/C41H52N8O7/c1-23(2)34(46-40(53)55-5)38(51)48-17-7-9-32(48)36-42-20-30(44-36)26-13-11-25(12-14-26)29-16-15-27(19-28(29)22-50)31-21-43-37(45-31)33-10-8-18-49(33)39(52)35(24(3)4)47-41(54)56-6/h11-16,19-20,23-24,32-35,50H,7-10,17-18,21-22H2,1-6H3,(H,42,44)(H,46,53)(H,47,54)/t32-,33-,34+,35+/m1/s1. The van der Waals surface area contributed by atoms with E-state index in [1.165, 1.54) is 14.2 Å². The molecule has 4 heterocycles. The second kappa shape index (κ2) is 17.5. The summed E-state index contributed by atoms with van der Waals surface area (Å²) in [7, 11) is 2.56. The van der Waals surface area contributed by atoms with Crippen LogP contribution < -0.4 is 10.6 Å². The van der Waals surface area contributed by atoms with Gasteiger partial charge in [0.25, 0.3) is 0 Å². The molecule has 4 amide bonds. The minimum atomic E-state index is -0.721. The molecule has 4 atom stereocenters. The van der Waals surface area contributed by atoms with E-state index in [4.69, 9.17) is 19.5 Å². The van der Waals surface area contributed by atoms with Gasteiger partial charge in [-0.3, -0.25) is 14.6 Å². The number of carbonyl (C=O) groups is 4. The minimum absolute atomic E-state index is 0.121. The number of aliphatic hydroxyl groups excluding tert-OH is 1. The van der Waals surface area contributed by atoms with Crippen LogP contribution >= 0.6 is 0 Å². The summed E-state index contributed by atoms with van der Waals surface area (Å²) in [6.07, 6.45) is 3.61. The van der Waals surface area contributed by atoms with Crippen LogP contribution in [0.4, 0.5) is 9.59 Å². The number of H-pyrrole nitrogens is 1. The van der Waals surface area contributed by atoms with Gasteiger partial charge in [0, 0.05) is 13.1 Å². The zero-order valence-corrected chi connectivity index (χ0v) is 32.9. The summed E-state index contributed by atoms with van der Waals surface area (Å²) in [6, 6.07) is 11.9. The van der Waals surface area contributed by atoms with Gasteiger partial charge in [-0.25, -0.2) is 19.6 Å². The zero-order valence-electron chi connectivity index (χ0n) is 32.9. The Morgan fingerprint density at radius 1 is 0.821 bits per heavy atom. The van der Waals surface area contributed by atoms with Gasteiger partial charge in [-0.05, 0) is 71.4 Å². The molecule has 0 saturated carbocycles. The summed E-state index contributed by atoms with van der Waals surface area (Å²) in [4.78, 5) is 72.3. The normalized spacial score (nSPS) is 19.2. The van der Waals surface area contributed by atoms with Gasteiger partial charge in [-0.15, -0.1) is 0 Å². The van der Waals surface area contributed by atoms with Crippen LogP contribution in [0.15, 0.2) is 58.6 Å². The van der Waals surface area contributed by atoms with Crippen molar-refractivity contribution in [1.29, 1.82) is 0 Å². The first-order chi connectivity index (χ1) is 26.9. The van der Waals surface area contributed by atoms with Gasteiger partial charge in [0.15, 0.2) is 0 Å². The lowest BCUT2D eigenvalue weighted by molar-refractivity contribution is -0.135. The number of rotatable bonds is 12. The number of aromatic amines is 1. The molecule has 298 valence electrons. The molecule has 0 bridgehead atoms. The maximum absolute atomic E-state index is 13.6. The molecule has 15 heteroatoms. The topological polar surface area (TPSA) is 191 Å². The highest BCUT2D eigenvalue weighted by atomic mass is 16.5. The van der Waals surface area contributed by atoms with Crippen LogP contribution in [0.3, 0.4) is 0 Å². The minimum Gasteiger partial charge on any atom is -0.453 e. The molecule has 0 spiro atoms. The smallest absolute Gasteiger partial charge is 0.407 e. The number of methoxy groups -OCH3 is 2. The third kappa shape index (κ3) is 8.47. The van der Waals surface area contributed by atoms with Crippen LogP contribution in [0.2, 0.25) is 0 Å². The number of nitrogens with one attached hydrogen (secondary N) is 3. The maximum atomic E-state index is 13.6. The number of amidine groups is 1. The third-order valence-electron chi connectivity index (χ3n) is 10.8. The van der Waals surface area contributed by atoms with Crippen molar-refractivity contribution in [3.63, 3.8) is 0 Å². The molecule has 2 saturated heterocycles. The number of hydrogen-bond donors (Lipinski definition) is 4. The molecule has 0 unspecified atom stereocenters. The third-order valence-corrected chi connectivity index (χ3v) is 10.8. The molecular weight excluding hydrogens is 716 g/mol. The fourth-order valence-corrected chi connectivity index (χ4v) is 7.74. The number of carbonyl (C=O) groups excluding carboxylic acids is 4. The second-order valence-electron chi connectivity index (χ2n) is 15.1. The number of ether oxygens (including phenoxy) is 2. The lowest BCUT2D eigenvalue weighted by Crippen LogP contribution is -2.53. The SMILES string of the molecule is COC(=O)N[C@H](C(=O)N1CCC[C@@H]1C1=NCC(c2ccc(-c3ccc(-c4cnc([C@H]5CCCN5C(=O)[C@@H](NC(=O)OC)C(C)C)[nH]4)cc3)c(CO)c2)=N1)C(C)C. The van der Waals surface area contributed by atoms with Gasteiger partial charge in [0.05, 0.1) is 57.1 Å². The average Bonchev–Trinajstić information content (AvgIpc) is 4.04. The number of aromatic nitrogens is 2. The van der Waals surface area contributed by atoms with E-state index in [1.807, 2.05) is 70.2 Å². The van der Waals surface area contributed by atoms with Crippen molar-refractivity contribution in [2.45, 2.75) is 84.2 Å². The quantitative estimate of drug-likeness (QED) is 0.201. The summed E-state index contributed by atoms with van der Waals surface area (Å²) in [5.41, 5.74) is 5.91. The molecule has 4 N–H and O–H groups in total. The van der Waals surface area contributed by atoms with Gasteiger partial charge in [0.1, 0.15) is 23.7 Å². The highest BCUT2D eigenvalue weighted by molar-refractivity contribution is 6.14. The molecule has 56 heavy (non-hydrogen) atoms. The van der Waals surface area contributed by atoms with Crippen LogP contribution in [0.5, 0.6) is 0 Å². The summed E-state index contributed by atoms with van der Waals surface area (Å²) >= 11 is 0. The molecule has 0 aliphatic carbocycles. The summed E-state index contributed by atoms with van der Waals surface area (Å²) in [5, 5.41) is 15.8. The predicted molar refractivity (Wildman–Crippen MR) is 211 cm³/mol. The van der Waals surface area contributed by atoms with Crippen molar-refractivity contribution in [2.75, 3.05) is 33.9 Å². The summed E-state index contributed by atoms with van der Waals surface area (Å²) in [5.74, 6) is 0.700. The molecule has 1 aromatic heterocycles. The van der Waals surface area contributed by atoms with Gasteiger partial charge in [-0.2, -0.15) is 0 Å². The fourth-order valence-electron chi connectivity index (χ4n) is 7.74. The van der Waals surface area contributed by atoms with E-state index in [0.29, 0.717) is 31.3 Å². The zero-order chi connectivity index (χ0) is 40.1. The first-order valence-corrected chi connectivity index (χ1v) is 19.3. The summed E-state index contributed by atoms with van der Waals surface area (Å²) in [6.45, 7) is 8.86. The first-order valence-electron chi connectivity index (χ1n) is 19.3. The van der Waals surface area contributed by atoms with Crippen molar-refractivity contribution in [2.24, 2.45) is 21.8 Å². The Morgan fingerprint density at radius 3 is 1.95 bits per heavy atom. The van der Waals surface area contributed by atoms with Crippen molar-refractivity contribution >= 4 is 35.5 Å². The monoisotopic (exact) mass is 768 g/mol. The van der Waals surface area contributed by atoms with E-state index in [2.05, 4.69) is 20.6 Å². The number of nitrogens with zero attached hydrogens (tertiary/aromatic N) is 5. The Kier molecular flexibility index (Phi) is 12.5. The maximum Gasteiger partial charge on any atom is 0.407 e. The molecule has 0 radical (unpaired) electrons. The number of benzene rings is 2. The van der Waals surface area contributed by atoms with Crippen LogP contribution in [-0.4, -0.2) is 112 Å². The van der Waals surface area contributed by atoms with E-state index in [1.54, 1.807) is 16.0 Å². The molecule has 6 rings (SSSR count). The Balaban J connectivity index is 1.14. The number of likely N-dealkylation sites (tertiary alicyclic amines) is 2. The van der Waals surface area contributed by atoms with Gasteiger partial charge in [0.2, 0.25) is 11.8 Å². The van der Waals surface area contributed by atoms with Crippen molar-refractivity contribution in [1.82, 2.24) is 30.4 Å². The Bertz CT molecular complexity index is 1990. The predicted octanol–water partition coefficient (Wildman–Crippen LogP) is 4.85. The first kappa shape index (κ1) is 40.1. The molecule has 3 aliphatic rings. The lowest BCUT2D eigenvalue weighted by Gasteiger charge is -2.30. The van der Waals surface area contributed by atoms with Gasteiger partial charge >= 0.3 is 12.2 Å². The molecule has 15 nitrogen and oxygen atoms in total. The number of amides is 4. The van der Waals surface area contributed by atoms with Crippen LogP contribution in [0, 0.1) is 11.8 Å². The number of imidazole rings is 1. The number of hydrogen-bond acceptors (Lipinski definition) is 10. The fraction of sp³-hybridized carbons (Fsp3) is 0.488. The average molecular weight is 769 g/mol. The molecule has 3 aromatic rings. The lowest BCUT2D eigenvalue weighted by atomic mass is 9.95. The molecule has 2 fully saturated rings.